The lowest BCUT2D eigenvalue weighted by Crippen LogP contribution is -1.94. The van der Waals surface area contributed by atoms with Crippen molar-refractivity contribution in [1.29, 1.82) is 10.5 Å². The van der Waals surface area contributed by atoms with E-state index in [0.717, 1.165) is 27.8 Å². The highest BCUT2D eigenvalue weighted by Crippen LogP contribution is 2.21. The Morgan fingerprint density at radius 3 is 1.62 bits per heavy atom. The molecular weight excluding hydrogens is 344 g/mol. The number of hydrogen-bond acceptors (Lipinski definition) is 3. The Balaban J connectivity index is 0.000000260. The molecular formula is C22H25ClN2O. The Kier molecular flexibility index (Phi) is 8.86. The third kappa shape index (κ3) is 5.88. The van der Waals surface area contributed by atoms with E-state index in [-0.39, 0.29) is 6.61 Å². The van der Waals surface area contributed by atoms with Gasteiger partial charge in [-0.3, -0.25) is 0 Å². The summed E-state index contributed by atoms with van der Waals surface area (Å²) in [5.41, 5.74) is 5.34. The van der Waals surface area contributed by atoms with Crippen molar-refractivity contribution < 1.29 is 5.11 Å². The molecule has 0 aliphatic heterocycles. The number of hydrogen-bond donors (Lipinski definition) is 1. The van der Waals surface area contributed by atoms with Crippen LogP contribution in [-0.2, 0) is 12.5 Å². The topological polar surface area (TPSA) is 67.8 Å². The van der Waals surface area contributed by atoms with Gasteiger partial charge >= 0.3 is 0 Å². The summed E-state index contributed by atoms with van der Waals surface area (Å²) in [5.74, 6) is 1.20. The second-order valence-corrected chi connectivity index (χ2v) is 6.94. The van der Waals surface area contributed by atoms with Crippen molar-refractivity contribution in [1.82, 2.24) is 0 Å². The fourth-order valence-corrected chi connectivity index (χ4v) is 2.76. The molecule has 0 aliphatic carbocycles. The van der Waals surface area contributed by atoms with Crippen LogP contribution in [0.2, 0.25) is 0 Å². The van der Waals surface area contributed by atoms with Crippen molar-refractivity contribution in [2.24, 2.45) is 0 Å². The fraction of sp³-hybridized carbons (Fsp3) is 0.364. The van der Waals surface area contributed by atoms with Crippen molar-refractivity contribution in [2.45, 2.75) is 52.0 Å². The zero-order valence-electron chi connectivity index (χ0n) is 15.8. The van der Waals surface area contributed by atoms with Crippen LogP contribution in [0, 0.1) is 22.7 Å². The van der Waals surface area contributed by atoms with E-state index in [0.29, 0.717) is 23.3 Å². The average Bonchev–Trinajstić information content (AvgIpc) is 2.66. The fourth-order valence-electron chi connectivity index (χ4n) is 2.59. The predicted molar refractivity (Wildman–Crippen MR) is 106 cm³/mol. The van der Waals surface area contributed by atoms with Crippen LogP contribution in [0.1, 0.15) is 72.9 Å². The summed E-state index contributed by atoms with van der Waals surface area (Å²) in [6.07, 6.45) is 0. The summed E-state index contributed by atoms with van der Waals surface area (Å²) in [6.45, 7) is 8.25. The lowest BCUT2D eigenvalue weighted by molar-refractivity contribution is 0.282. The van der Waals surface area contributed by atoms with Gasteiger partial charge in [0.1, 0.15) is 0 Å². The first kappa shape index (κ1) is 21.7. The molecule has 0 saturated heterocycles. The Bertz CT molecular complexity index is 744. The van der Waals surface area contributed by atoms with Crippen LogP contribution in [0.3, 0.4) is 0 Å². The number of alkyl halides is 1. The SMILES string of the molecule is CC(C)c1ccc(CCl)cc1C#N.CC(C)c1ccc(CO)cc1C#N. The number of halogens is 1. The smallest absolute Gasteiger partial charge is 0.0994 e. The minimum absolute atomic E-state index is 0.00689. The van der Waals surface area contributed by atoms with Crippen LogP contribution >= 0.6 is 11.6 Å². The summed E-state index contributed by atoms with van der Waals surface area (Å²) in [7, 11) is 0. The predicted octanol–water partition coefficient (Wildman–Crippen LogP) is 5.59. The molecule has 0 heterocycles. The zero-order valence-corrected chi connectivity index (χ0v) is 16.5. The molecule has 3 nitrogen and oxygen atoms in total. The first-order valence-electron chi connectivity index (χ1n) is 8.60. The lowest BCUT2D eigenvalue weighted by Gasteiger charge is -2.08. The maximum absolute atomic E-state index is 8.89. The summed E-state index contributed by atoms with van der Waals surface area (Å²) < 4.78 is 0. The van der Waals surface area contributed by atoms with E-state index in [1.165, 1.54) is 0 Å². The summed E-state index contributed by atoms with van der Waals surface area (Å²) in [4.78, 5) is 0. The van der Waals surface area contributed by atoms with E-state index in [2.05, 4.69) is 39.8 Å². The molecule has 0 spiro atoms. The van der Waals surface area contributed by atoms with Crippen LogP contribution in [-0.4, -0.2) is 5.11 Å². The maximum Gasteiger partial charge on any atom is 0.0994 e. The molecule has 2 aromatic carbocycles. The van der Waals surface area contributed by atoms with Gasteiger partial charge in [-0.1, -0.05) is 52.0 Å². The van der Waals surface area contributed by atoms with E-state index in [1.54, 1.807) is 6.07 Å². The maximum atomic E-state index is 8.89. The Morgan fingerprint density at radius 1 is 0.846 bits per heavy atom. The molecule has 1 N–H and O–H groups in total. The Labute approximate surface area is 161 Å². The van der Waals surface area contributed by atoms with Gasteiger partial charge < -0.3 is 5.11 Å². The van der Waals surface area contributed by atoms with E-state index < -0.39 is 0 Å². The summed E-state index contributed by atoms with van der Waals surface area (Å²) >= 11 is 5.68. The minimum atomic E-state index is -0.00689. The number of nitrogens with zero attached hydrogens (tertiary/aromatic N) is 2. The molecule has 0 aromatic heterocycles. The van der Waals surface area contributed by atoms with Gasteiger partial charge in [-0.15, -0.1) is 11.6 Å². The molecule has 0 radical (unpaired) electrons. The van der Waals surface area contributed by atoms with Crippen LogP contribution in [0.4, 0.5) is 0 Å². The molecule has 0 unspecified atom stereocenters. The van der Waals surface area contributed by atoms with Gasteiger partial charge in [0.2, 0.25) is 0 Å². The largest absolute Gasteiger partial charge is 0.392 e. The first-order valence-corrected chi connectivity index (χ1v) is 9.14. The average molecular weight is 369 g/mol. The summed E-state index contributed by atoms with van der Waals surface area (Å²) in [6, 6.07) is 15.7. The number of aliphatic hydroxyl groups excluding tert-OH is 1. The number of benzene rings is 2. The van der Waals surface area contributed by atoms with Crippen LogP contribution in [0.15, 0.2) is 36.4 Å². The van der Waals surface area contributed by atoms with Crippen molar-refractivity contribution >= 4 is 11.6 Å². The molecule has 0 saturated carbocycles. The second-order valence-electron chi connectivity index (χ2n) is 6.67. The van der Waals surface area contributed by atoms with E-state index in [1.807, 2.05) is 30.3 Å². The molecule has 0 amide bonds. The zero-order chi connectivity index (χ0) is 19.7. The molecule has 0 fully saturated rings. The van der Waals surface area contributed by atoms with Crippen molar-refractivity contribution in [3.63, 3.8) is 0 Å². The molecule has 0 aliphatic rings. The van der Waals surface area contributed by atoms with Gasteiger partial charge in [-0.25, -0.2) is 0 Å². The number of nitriles is 2. The normalized spacial score (nSPS) is 10.1. The standard InChI is InChI=1S/C11H12ClN.C11H13NO/c1-8(2)11-4-3-9(6-12)5-10(11)7-13;1-8(2)11-4-3-9(7-13)5-10(11)6-12/h3-5,8H,6H2,1-2H3;3-5,8,13H,7H2,1-2H3. The minimum Gasteiger partial charge on any atom is -0.392 e. The lowest BCUT2D eigenvalue weighted by atomic mass is 9.96. The third-order valence-corrected chi connectivity index (χ3v) is 4.37. The van der Waals surface area contributed by atoms with Crippen molar-refractivity contribution in [3.8, 4) is 12.1 Å². The van der Waals surface area contributed by atoms with E-state index in [4.69, 9.17) is 27.2 Å². The quantitative estimate of drug-likeness (QED) is 0.714. The number of aliphatic hydroxyl groups is 1. The van der Waals surface area contributed by atoms with E-state index >= 15 is 0 Å². The molecule has 0 atom stereocenters. The Hall–Kier alpha value is -2.33. The molecule has 136 valence electrons. The van der Waals surface area contributed by atoms with Gasteiger partial charge in [0.25, 0.3) is 0 Å². The van der Waals surface area contributed by atoms with Gasteiger partial charge in [-0.05, 0) is 46.2 Å². The van der Waals surface area contributed by atoms with Crippen LogP contribution in [0.5, 0.6) is 0 Å². The van der Waals surface area contributed by atoms with Crippen molar-refractivity contribution in [2.75, 3.05) is 0 Å². The van der Waals surface area contributed by atoms with E-state index in [9.17, 15) is 0 Å². The van der Waals surface area contributed by atoms with Gasteiger partial charge in [0.05, 0.1) is 29.9 Å². The molecule has 4 heteroatoms. The highest BCUT2D eigenvalue weighted by Gasteiger charge is 2.07. The second kappa shape index (κ2) is 10.6. The Morgan fingerprint density at radius 2 is 1.27 bits per heavy atom. The third-order valence-electron chi connectivity index (χ3n) is 4.06. The highest BCUT2D eigenvalue weighted by molar-refractivity contribution is 6.17. The number of rotatable bonds is 4. The molecule has 2 aromatic rings. The van der Waals surface area contributed by atoms with Crippen LogP contribution in [0.25, 0.3) is 0 Å². The monoisotopic (exact) mass is 368 g/mol. The molecule has 26 heavy (non-hydrogen) atoms. The van der Waals surface area contributed by atoms with Gasteiger partial charge in [0, 0.05) is 5.88 Å². The van der Waals surface area contributed by atoms with Gasteiger partial charge in [-0.2, -0.15) is 10.5 Å². The van der Waals surface area contributed by atoms with Gasteiger partial charge in [0.15, 0.2) is 0 Å². The highest BCUT2D eigenvalue weighted by atomic mass is 35.5. The van der Waals surface area contributed by atoms with Crippen LogP contribution < -0.4 is 0 Å². The first-order chi connectivity index (χ1) is 12.4. The summed E-state index contributed by atoms with van der Waals surface area (Å²) in [5, 5.41) is 26.6. The van der Waals surface area contributed by atoms with Crippen molar-refractivity contribution in [3.05, 3.63) is 69.8 Å². The molecule has 0 bridgehead atoms. The molecule has 2 rings (SSSR count).